The van der Waals surface area contributed by atoms with E-state index in [2.05, 4.69) is 0 Å². The van der Waals surface area contributed by atoms with Crippen molar-refractivity contribution in [3.63, 3.8) is 0 Å². The fourth-order valence-corrected chi connectivity index (χ4v) is 2.84. The van der Waals surface area contributed by atoms with E-state index in [1.54, 1.807) is 0 Å². The third-order valence-corrected chi connectivity index (χ3v) is 4.00. The maximum atomic E-state index is 12.7. The van der Waals surface area contributed by atoms with Crippen molar-refractivity contribution in [2.24, 2.45) is 0 Å². The molecule has 0 bridgehead atoms. The van der Waals surface area contributed by atoms with Crippen LogP contribution < -0.4 is 0 Å². The minimum atomic E-state index is -0.748. The summed E-state index contributed by atoms with van der Waals surface area (Å²) in [5.41, 5.74) is 0.250. The van der Waals surface area contributed by atoms with Gasteiger partial charge in [0, 0.05) is 17.1 Å². The van der Waals surface area contributed by atoms with Crippen LogP contribution in [-0.4, -0.2) is 28.5 Å². The highest BCUT2D eigenvalue weighted by Gasteiger charge is 2.61. The number of epoxide rings is 1. The Labute approximate surface area is 125 Å². The van der Waals surface area contributed by atoms with Crippen LogP contribution in [0.15, 0.2) is 24.3 Å². The second-order valence-electron chi connectivity index (χ2n) is 6.06. The lowest BCUT2D eigenvalue weighted by Gasteiger charge is -2.32. The first-order valence-corrected chi connectivity index (χ1v) is 7.41. The summed E-state index contributed by atoms with van der Waals surface area (Å²) in [6, 6.07) is 7.81. The van der Waals surface area contributed by atoms with Crippen molar-refractivity contribution in [2.75, 3.05) is 0 Å². The van der Waals surface area contributed by atoms with Crippen LogP contribution in [0.1, 0.15) is 46.3 Å². The van der Waals surface area contributed by atoms with E-state index < -0.39 is 5.60 Å². The lowest BCUT2D eigenvalue weighted by Crippen LogP contribution is -2.48. The molecule has 0 aromatic heterocycles. The number of amides is 1. The summed E-state index contributed by atoms with van der Waals surface area (Å²) in [5.74, 6) is 0.0578. The topological polar surface area (TPSA) is 32.8 Å². The Morgan fingerprint density at radius 3 is 2.15 bits per heavy atom. The number of benzene rings is 1. The van der Waals surface area contributed by atoms with E-state index in [1.807, 2.05) is 63.8 Å². The minimum Gasteiger partial charge on any atom is -0.351 e. The third-order valence-electron chi connectivity index (χ3n) is 3.75. The molecule has 1 heterocycles. The summed E-state index contributed by atoms with van der Waals surface area (Å²) in [5, 5.41) is 0.688. The fourth-order valence-electron chi connectivity index (χ4n) is 2.72. The van der Waals surface area contributed by atoms with Gasteiger partial charge in [-0.15, -0.1) is 0 Å². The van der Waals surface area contributed by atoms with Crippen LogP contribution in [0.5, 0.6) is 0 Å². The minimum absolute atomic E-state index is 0.0578. The summed E-state index contributed by atoms with van der Waals surface area (Å²) in [4.78, 5) is 14.6. The second-order valence-corrected chi connectivity index (χ2v) is 6.49. The van der Waals surface area contributed by atoms with Crippen LogP contribution in [0, 0.1) is 0 Å². The normalized spacial score (nSPS) is 25.1. The van der Waals surface area contributed by atoms with Gasteiger partial charge in [0.1, 0.15) is 6.10 Å². The Balaban J connectivity index is 2.17. The van der Waals surface area contributed by atoms with Crippen LogP contribution in [0.2, 0.25) is 5.02 Å². The molecule has 0 spiro atoms. The predicted octanol–water partition coefficient (Wildman–Crippen LogP) is 3.82. The molecular formula is C16H22ClNO2. The lowest BCUT2D eigenvalue weighted by atomic mass is 9.98. The van der Waals surface area contributed by atoms with E-state index >= 15 is 0 Å². The van der Waals surface area contributed by atoms with Crippen molar-refractivity contribution in [1.82, 2.24) is 4.90 Å². The molecule has 110 valence electrons. The van der Waals surface area contributed by atoms with E-state index in [4.69, 9.17) is 16.3 Å². The highest BCUT2D eigenvalue weighted by molar-refractivity contribution is 6.30. The van der Waals surface area contributed by atoms with E-state index in [9.17, 15) is 4.79 Å². The van der Waals surface area contributed by atoms with Gasteiger partial charge < -0.3 is 9.64 Å². The van der Waals surface area contributed by atoms with Gasteiger partial charge in [0.25, 0.3) is 5.91 Å². The van der Waals surface area contributed by atoms with Crippen LogP contribution in [0.3, 0.4) is 0 Å². The third kappa shape index (κ3) is 2.70. The van der Waals surface area contributed by atoms with Crippen molar-refractivity contribution in [3.05, 3.63) is 34.9 Å². The summed E-state index contributed by atoms with van der Waals surface area (Å²) >= 11 is 5.89. The molecule has 1 saturated heterocycles. The van der Waals surface area contributed by atoms with Crippen molar-refractivity contribution < 1.29 is 9.53 Å². The maximum Gasteiger partial charge on any atom is 0.258 e. The molecule has 0 N–H and O–H groups in total. The van der Waals surface area contributed by atoms with Gasteiger partial charge >= 0.3 is 0 Å². The van der Waals surface area contributed by atoms with Crippen molar-refractivity contribution >= 4 is 17.5 Å². The van der Waals surface area contributed by atoms with Crippen LogP contribution in [0.25, 0.3) is 0 Å². The molecule has 0 saturated carbocycles. The summed E-state index contributed by atoms with van der Waals surface area (Å²) in [7, 11) is 0. The largest absolute Gasteiger partial charge is 0.351 e. The average Bonchev–Trinajstić information content (AvgIpc) is 3.03. The fraction of sp³-hybridized carbons (Fsp3) is 0.562. The quantitative estimate of drug-likeness (QED) is 0.791. The molecule has 0 unspecified atom stereocenters. The second kappa shape index (κ2) is 5.38. The van der Waals surface area contributed by atoms with Gasteiger partial charge in [-0.2, -0.15) is 0 Å². The molecule has 2 rings (SSSR count). The van der Waals surface area contributed by atoms with Crippen molar-refractivity contribution in [3.8, 4) is 0 Å². The van der Waals surface area contributed by atoms with Gasteiger partial charge in [0.05, 0.1) is 0 Å². The molecule has 1 aliphatic rings. The number of rotatable bonds is 4. The maximum absolute atomic E-state index is 12.7. The number of halogens is 1. The summed E-state index contributed by atoms with van der Waals surface area (Å²) < 4.78 is 5.74. The highest BCUT2D eigenvalue weighted by atomic mass is 35.5. The van der Waals surface area contributed by atoms with E-state index in [-0.39, 0.29) is 24.1 Å². The van der Waals surface area contributed by atoms with E-state index in [1.165, 1.54) is 0 Å². The smallest absolute Gasteiger partial charge is 0.258 e. The van der Waals surface area contributed by atoms with Crippen LogP contribution in [-0.2, 0) is 9.53 Å². The summed E-state index contributed by atoms with van der Waals surface area (Å²) in [6.45, 7) is 9.98. The number of ether oxygens (including phenoxy) is 1. The molecule has 1 fully saturated rings. The Bertz CT molecular complexity index is 490. The number of hydrogen-bond donors (Lipinski definition) is 0. The van der Waals surface area contributed by atoms with Crippen molar-refractivity contribution in [1.29, 1.82) is 0 Å². The van der Waals surface area contributed by atoms with Gasteiger partial charge in [-0.1, -0.05) is 23.7 Å². The lowest BCUT2D eigenvalue weighted by molar-refractivity contribution is -0.140. The number of carbonyl (C=O) groups excluding carboxylic acids is 1. The predicted molar refractivity (Wildman–Crippen MR) is 80.8 cm³/mol. The molecule has 4 heteroatoms. The average molecular weight is 296 g/mol. The molecule has 1 amide bonds. The Hall–Kier alpha value is -1.06. The molecular weight excluding hydrogens is 274 g/mol. The number of hydrogen-bond acceptors (Lipinski definition) is 2. The highest BCUT2D eigenvalue weighted by Crippen LogP contribution is 2.50. The van der Waals surface area contributed by atoms with Gasteiger partial charge in [-0.3, -0.25) is 4.79 Å². The molecule has 0 aliphatic carbocycles. The Morgan fingerprint density at radius 1 is 1.20 bits per heavy atom. The molecule has 0 radical (unpaired) electrons. The molecule has 20 heavy (non-hydrogen) atoms. The molecule has 1 aliphatic heterocycles. The van der Waals surface area contributed by atoms with E-state index in [0.717, 1.165) is 5.56 Å². The Morgan fingerprint density at radius 2 is 1.70 bits per heavy atom. The van der Waals surface area contributed by atoms with Crippen LogP contribution >= 0.6 is 11.6 Å². The first-order chi connectivity index (χ1) is 9.27. The molecule has 1 aromatic carbocycles. The first kappa shape index (κ1) is 15.3. The van der Waals surface area contributed by atoms with Crippen LogP contribution in [0.4, 0.5) is 0 Å². The zero-order valence-electron chi connectivity index (χ0n) is 12.7. The van der Waals surface area contributed by atoms with Crippen molar-refractivity contribution in [2.45, 2.75) is 58.4 Å². The molecule has 2 atom stereocenters. The van der Waals surface area contributed by atoms with E-state index in [0.29, 0.717) is 5.02 Å². The number of nitrogens with zero attached hydrogens (tertiary/aromatic N) is 1. The zero-order chi connectivity index (χ0) is 15.1. The SMILES string of the molecule is CC(C)N(C(=O)[C@@]1(C)O[C@@H]1c1ccc(Cl)cc1)C(C)C. The van der Waals surface area contributed by atoms with Gasteiger partial charge in [-0.25, -0.2) is 0 Å². The monoisotopic (exact) mass is 295 g/mol. The molecule has 1 aromatic rings. The van der Waals surface area contributed by atoms with Gasteiger partial charge in [0.15, 0.2) is 5.60 Å². The summed E-state index contributed by atoms with van der Waals surface area (Å²) in [6.07, 6.45) is -0.174. The van der Waals surface area contributed by atoms with Gasteiger partial charge in [0.2, 0.25) is 0 Å². The molecule has 3 nitrogen and oxygen atoms in total. The number of carbonyl (C=O) groups is 1. The van der Waals surface area contributed by atoms with Gasteiger partial charge in [-0.05, 0) is 52.3 Å². The first-order valence-electron chi connectivity index (χ1n) is 7.03. The Kier molecular flexibility index (Phi) is 4.12. The standard InChI is InChI=1S/C16H22ClNO2/c1-10(2)18(11(3)4)15(19)16(5)14(20-16)12-6-8-13(17)9-7-12/h6-11,14H,1-5H3/t14-,16+/m1/s1. The zero-order valence-corrected chi connectivity index (χ0v) is 13.4.